The molecule has 1 fully saturated rings. The van der Waals surface area contributed by atoms with Crippen LogP contribution in [-0.2, 0) is 9.84 Å². The van der Waals surface area contributed by atoms with Crippen LogP contribution in [0.25, 0.3) is 0 Å². The van der Waals surface area contributed by atoms with Gasteiger partial charge in [0.25, 0.3) is 0 Å². The third-order valence-electron chi connectivity index (χ3n) is 3.31. The van der Waals surface area contributed by atoms with Gasteiger partial charge in [-0.25, -0.2) is 8.42 Å². The minimum atomic E-state index is -3.22. The van der Waals surface area contributed by atoms with E-state index in [1.165, 1.54) is 6.26 Å². The minimum absolute atomic E-state index is 0.284. The summed E-state index contributed by atoms with van der Waals surface area (Å²) in [5, 5.41) is 3.86. The highest BCUT2D eigenvalue weighted by Gasteiger charge is 2.18. The molecule has 0 aromatic heterocycles. The number of anilines is 1. The molecule has 106 valence electrons. The van der Waals surface area contributed by atoms with Crippen LogP contribution in [0.5, 0.6) is 0 Å². The van der Waals surface area contributed by atoms with E-state index in [4.69, 9.17) is 11.6 Å². The average Bonchev–Trinajstić information content (AvgIpc) is 2.55. The molecule has 1 aromatic rings. The molecule has 0 unspecified atom stereocenters. The lowest BCUT2D eigenvalue weighted by atomic mass is 10.1. The molecule has 0 amide bonds. The Morgan fingerprint density at radius 2 is 2.00 bits per heavy atom. The smallest absolute Gasteiger partial charge is 0.175 e. The number of sulfone groups is 1. The van der Waals surface area contributed by atoms with Crippen molar-refractivity contribution >= 4 is 27.1 Å². The number of halogens is 1. The van der Waals surface area contributed by atoms with Crippen LogP contribution in [-0.4, -0.2) is 40.9 Å². The van der Waals surface area contributed by atoms with E-state index in [1.807, 2.05) is 6.92 Å². The maximum atomic E-state index is 11.6. The molecule has 1 aromatic carbocycles. The standard InChI is InChI=1S/C13H19ClN2O2S/c1-10-8-11(19(2,17)18)9-12(14)13(10)16-6-3-4-15-5-7-16/h8-9,15H,3-7H2,1-2H3. The van der Waals surface area contributed by atoms with Crippen molar-refractivity contribution in [3.8, 4) is 0 Å². The summed E-state index contributed by atoms with van der Waals surface area (Å²) in [7, 11) is -3.22. The van der Waals surface area contributed by atoms with Gasteiger partial charge in [0.2, 0.25) is 0 Å². The summed E-state index contributed by atoms with van der Waals surface area (Å²) in [6, 6.07) is 3.26. The molecule has 1 aliphatic rings. The van der Waals surface area contributed by atoms with Crippen molar-refractivity contribution in [2.45, 2.75) is 18.2 Å². The predicted octanol–water partition coefficient (Wildman–Crippen LogP) is 1.85. The molecule has 0 atom stereocenters. The first-order chi connectivity index (χ1) is 8.89. The average molecular weight is 303 g/mol. The molecule has 1 saturated heterocycles. The lowest BCUT2D eigenvalue weighted by Gasteiger charge is -2.26. The van der Waals surface area contributed by atoms with Gasteiger partial charge in [-0.1, -0.05) is 11.6 Å². The molecule has 1 aliphatic heterocycles. The Balaban J connectivity index is 2.41. The Labute approximate surface area is 119 Å². The van der Waals surface area contributed by atoms with Gasteiger partial charge in [0.15, 0.2) is 9.84 Å². The molecule has 1 heterocycles. The zero-order valence-corrected chi connectivity index (χ0v) is 12.8. The molecular weight excluding hydrogens is 284 g/mol. The highest BCUT2D eigenvalue weighted by atomic mass is 35.5. The zero-order valence-electron chi connectivity index (χ0n) is 11.2. The number of aryl methyl sites for hydroxylation is 1. The molecular formula is C13H19ClN2O2S. The van der Waals surface area contributed by atoms with Crippen LogP contribution >= 0.6 is 11.6 Å². The molecule has 0 saturated carbocycles. The molecule has 6 heteroatoms. The molecule has 0 radical (unpaired) electrons. The first-order valence-corrected chi connectivity index (χ1v) is 8.62. The van der Waals surface area contributed by atoms with Crippen molar-refractivity contribution in [3.05, 3.63) is 22.7 Å². The van der Waals surface area contributed by atoms with Crippen LogP contribution in [0.1, 0.15) is 12.0 Å². The second-order valence-electron chi connectivity index (χ2n) is 4.93. The van der Waals surface area contributed by atoms with Gasteiger partial charge in [0.1, 0.15) is 0 Å². The fourth-order valence-corrected chi connectivity index (χ4v) is 3.56. The van der Waals surface area contributed by atoms with Gasteiger partial charge >= 0.3 is 0 Å². The van der Waals surface area contributed by atoms with E-state index in [2.05, 4.69) is 10.2 Å². The van der Waals surface area contributed by atoms with Crippen molar-refractivity contribution in [1.29, 1.82) is 0 Å². The lowest BCUT2D eigenvalue weighted by molar-refractivity contribution is 0.602. The maximum absolute atomic E-state index is 11.6. The van der Waals surface area contributed by atoms with Crippen molar-refractivity contribution in [2.24, 2.45) is 0 Å². The summed E-state index contributed by atoms with van der Waals surface area (Å²) in [5.74, 6) is 0. The van der Waals surface area contributed by atoms with Crippen LogP contribution in [0.15, 0.2) is 17.0 Å². The van der Waals surface area contributed by atoms with Gasteiger partial charge in [-0.05, 0) is 37.6 Å². The largest absolute Gasteiger partial charge is 0.369 e. The van der Waals surface area contributed by atoms with Crippen LogP contribution in [0.3, 0.4) is 0 Å². The van der Waals surface area contributed by atoms with Crippen molar-refractivity contribution in [2.75, 3.05) is 37.3 Å². The van der Waals surface area contributed by atoms with Crippen LogP contribution in [0.4, 0.5) is 5.69 Å². The highest BCUT2D eigenvalue weighted by molar-refractivity contribution is 7.90. The Hall–Kier alpha value is -0.780. The summed E-state index contributed by atoms with van der Waals surface area (Å²) >= 11 is 6.30. The number of benzene rings is 1. The van der Waals surface area contributed by atoms with E-state index in [9.17, 15) is 8.42 Å². The normalized spacial score (nSPS) is 17.3. The third-order valence-corrected chi connectivity index (χ3v) is 4.69. The van der Waals surface area contributed by atoms with Gasteiger partial charge < -0.3 is 10.2 Å². The molecule has 4 nitrogen and oxygen atoms in total. The number of nitrogens with zero attached hydrogens (tertiary/aromatic N) is 1. The van der Waals surface area contributed by atoms with Gasteiger partial charge in [-0.2, -0.15) is 0 Å². The summed E-state index contributed by atoms with van der Waals surface area (Å²) in [6.07, 6.45) is 2.26. The maximum Gasteiger partial charge on any atom is 0.175 e. The Morgan fingerprint density at radius 1 is 1.26 bits per heavy atom. The Morgan fingerprint density at radius 3 is 2.63 bits per heavy atom. The third kappa shape index (κ3) is 3.41. The lowest BCUT2D eigenvalue weighted by Crippen LogP contribution is -2.28. The van der Waals surface area contributed by atoms with E-state index < -0.39 is 9.84 Å². The van der Waals surface area contributed by atoms with Gasteiger partial charge in [-0.15, -0.1) is 0 Å². The fraction of sp³-hybridized carbons (Fsp3) is 0.538. The summed E-state index contributed by atoms with van der Waals surface area (Å²) in [5.41, 5.74) is 1.87. The first kappa shape index (κ1) is 14.6. The Bertz CT molecular complexity index is 541. The number of rotatable bonds is 2. The number of hydrogen-bond donors (Lipinski definition) is 1. The van der Waals surface area contributed by atoms with Gasteiger partial charge in [0.05, 0.1) is 15.6 Å². The van der Waals surface area contributed by atoms with Crippen molar-refractivity contribution < 1.29 is 8.42 Å². The van der Waals surface area contributed by atoms with Crippen LogP contribution in [0, 0.1) is 6.92 Å². The second-order valence-corrected chi connectivity index (χ2v) is 7.36. The number of hydrogen-bond acceptors (Lipinski definition) is 4. The van der Waals surface area contributed by atoms with Crippen molar-refractivity contribution in [3.63, 3.8) is 0 Å². The molecule has 19 heavy (non-hydrogen) atoms. The molecule has 2 rings (SSSR count). The molecule has 0 aliphatic carbocycles. The SMILES string of the molecule is Cc1cc(S(C)(=O)=O)cc(Cl)c1N1CCCNCC1. The fourth-order valence-electron chi connectivity index (χ4n) is 2.39. The van der Waals surface area contributed by atoms with Crippen LogP contribution < -0.4 is 10.2 Å². The van der Waals surface area contributed by atoms with Gasteiger partial charge in [0, 0.05) is 25.9 Å². The molecule has 0 spiro atoms. The van der Waals surface area contributed by atoms with Crippen molar-refractivity contribution in [1.82, 2.24) is 5.32 Å². The minimum Gasteiger partial charge on any atom is -0.369 e. The summed E-state index contributed by atoms with van der Waals surface area (Å²) < 4.78 is 23.2. The van der Waals surface area contributed by atoms with E-state index in [0.717, 1.165) is 43.9 Å². The van der Waals surface area contributed by atoms with Crippen LogP contribution in [0.2, 0.25) is 5.02 Å². The van der Waals surface area contributed by atoms with E-state index in [-0.39, 0.29) is 4.90 Å². The zero-order chi connectivity index (χ0) is 14.0. The predicted molar refractivity (Wildman–Crippen MR) is 79.0 cm³/mol. The van der Waals surface area contributed by atoms with E-state index in [0.29, 0.717) is 5.02 Å². The summed E-state index contributed by atoms with van der Waals surface area (Å²) in [6.45, 7) is 5.66. The Kier molecular flexibility index (Phi) is 4.38. The number of nitrogens with one attached hydrogen (secondary N) is 1. The highest BCUT2D eigenvalue weighted by Crippen LogP contribution is 2.32. The topological polar surface area (TPSA) is 49.4 Å². The first-order valence-electron chi connectivity index (χ1n) is 6.35. The molecule has 1 N–H and O–H groups in total. The van der Waals surface area contributed by atoms with E-state index in [1.54, 1.807) is 12.1 Å². The second kappa shape index (κ2) is 5.69. The molecule has 0 bridgehead atoms. The monoisotopic (exact) mass is 302 g/mol. The summed E-state index contributed by atoms with van der Waals surface area (Å²) in [4.78, 5) is 2.51. The quantitative estimate of drug-likeness (QED) is 0.906. The van der Waals surface area contributed by atoms with E-state index >= 15 is 0 Å². The van der Waals surface area contributed by atoms with Gasteiger partial charge in [-0.3, -0.25) is 0 Å².